The lowest BCUT2D eigenvalue weighted by atomic mass is 9.93. The Balaban J connectivity index is 1.78. The molecular formula is C31H28N2O2. The summed E-state index contributed by atoms with van der Waals surface area (Å²) in [6, 6.07) is 33.9. The highest BCUT2D eigenvalue weighted by atomic mass is 16.5. The van der Waals surface area contributed by atoms with Crippen molar-refractivity contribution in [1.82, 2.24) is 4.98 Å². The molecule has 0 amide bonds. The Bertz CT molecular complexity index is 1420. The molecule has 0 atom stereocenters. The minimum atomic E-state index is 0.669. The molecule has 0 aliphatic carbocycles. The molecule has 174 valence electrons. The fraction of sp³-hybridized carbons (Fsp3) is 0.129. The molecule has 4 heteroatoms. The summed E-state index contributed by atoms with van der Waals surface area (Å²) in [5, 5.41) is 0.995. The zero-order valence-corrected chi connectivity index (χ0v) is 20.4. The summed E-state index contributed by atoms with van der Waals surface area (Å²) in [7, 11) is 7.35. The third kappa shape index (κ3) is 4.43. The number of fused-ring (bicyclic) bond motifs is 1. The van der Waals surface area contributed by atoms with E-state index < -0.39 is 0 Å². The van der Waals surface area contributed by atoms with Crippen molar-refractivity contribution in [1.29, 1.82) is 0 Å². The second-order valence-electron chi connectivity index (χ2n) is 8.68. The Morgan fingerprint density at radius 2 is 1.09 bits per heavy atom. The lowest BCUT2D eigenvalue weighted by Crippen LogP contribution is -2.12. The van der Waals surface area contributed by atoms with Crippen LogP contribution >= 0.6 is 0 Å². The second-order valence-corrected chi connectivity index (χ2v) is 8.68. The molecule has 0 aliphatic rings. The van der Waals surface area contributed by atoms with Gasteiger partial charge < -0.3 is 14.4 Å². The highest BCUT2D eigenvalue weighted by Gasteiger charge is 2.16. The Kier molecular flexibility index (Phi) is 6.11. The number of anilines is 1. The maximum absolute atomic E-state index is 5.56. The van der Waals surface area contributed by atoms with Gasteiger partial charge >= 0.3 is 0 Å². The van der Waals surface area contributed by atoms with E-state index in [1.807, 2.05) is 38.4 Å². The summed E-state index contributed by atoms with van der Waals surface area (Å²) in [6.45, 7) is 0. The van der Waals surface area contributed by atoms with Crippen LogP contribution < -0.4 is 14.4 Å². The molecular weight excluding hydrogens is 432 g/mol. The molecule has 0 saturated carbocycles. The van der Waals surface area contributed by atoms with Crippen LogP contribution in [-0.4, -0.2) is 33.3 Å². The van der Waals surface area contributed by atoms with Gasteiger partial charge in [-0.1, -0.05) is 60.7 Å². The van der Waals surface area contributed by atoms with Crippen LogP contribution in [0, 0.1) is 0 Å². The zero-order valence-electron chi connectivity index (χ0n) is 20.4. The first kappa shape index (κ1) is 22.5. The van der Waals surface area contributed by atoms with Crippen LogP contribution in [0.2, 0.25) is 0 Å². The number of aromatic nitrogens is 1. The summed E-state index contributed by atoms with van der Waals surface area (Å²) < 4.78 is 11.1. The van der Waals surface area contributed by atoms with Gasteiger partial charge in [-0.25, -0.2) is 4.98 Å². The highest BCUT2D eigenvalue weighted by Crippen LogP contribution is 2.39. The molecule has 4 nitrogen and oxygen atoms in total. The molecule has 0 bridgehead atoms. The SMILES string of the molecule is COc1cc2cc(-c3cc(-c4ccccc4)cc(-c4ccccc4)c3)c(N(C)C)nc2cc1OC. The van der Waals surface area contributed by atoms with E-state index in [4.69, 9.17) is 14.5 Å². The number of nitrogens with zero attached hydrogens (tertiary/aromatic N) is 2. The fourth-order valence-electron chi connectivity index (χ4n) is 4.42. The topological polar surface area (TPSA) is 34.6 Å². The van der Waals surface area contributed by atoms with E-state index in [0.717, 1.165) is 27.8 Å². The zero-order chi connectivity index (χ0) is 24.4. The quantitative estimate of drug-likeness (QED) is 0.266. The fourth-order valence-corrected chi connectivity index (χ4v) is 4.42. The number of pyridine rings is 1. The van der Waals surface area contributed by atoms with E-state index in [9.17, 15) is 0 Å². The van der Waals surface area contributed by atoms with Crippen molar-refractivity contribution < 1.29 is 9.47 Å². The van der Waals surface area contributed by atoms with Gasteiger partial charge in [0.05, 0.1) is 19.7 Å². The van der Waals surface area contributed by atoms with Gasteiger partial charge in [-0.15, -0.1) is 0 Å². The van der Waals surface area contributed by atoms with Gasteiger partial charge in [0.25, 0.3) is 0 Å². The van der Waals surface area contributed by atoms with Crippen LogP contribution in [0.4, 0.5) is 5.82 Å². The number of benzene rings is 4. The van der Waals surface area contributed by atoms with Gasteiger partial charge in [0.2, 0.25) is 0 Å². The molecule has 0 N–H and O–H groups in total. The molecule has 0 aliphatic heterocycles. The Morgan fingerprint density at radius 1 is 0.571 bits per heavy atom. The summed E-state index contributed by atoms with van der Waals surface area (Å²) in [5.41, 5.74) is 7.72. The molecule has 0 spiro atoms. The predicted octanol–water partition coefficient (Wildman–Crippen LogP) is 7.32. The van der Waals surface area contributed by atoms with E-state index >= 15 is 0 Å². The van der Waals surface area contributed by atoms with Crippen molar-refractivity contribution in [2.45, 2.75) is 0 Å². The van der Waals surface area contributed by atoms with Crippen LogP contribution in [0.3, 0.4) is 0 Å². The van der Waals surface area contributed by atoms with Gasteiger partial charge in [-0.3, -0.25) is 0 Å². The number of hydrogen-bond acceptors (Lipinski definition) is 4. The van der Waals surface area contributed by atoms with Gasteiger partial charge in [0.1, 0.15) is 5.82 Å². The number of ether oxygens (including phenoxy) is 2. The molecule has 0 unspecified atom stereocenters. The maximum Gasteiger partial charge on any atom is 0.162 e. The van der Waals surface area contributed by atoms with Crippen LogP contribution in [0.1, 0.15) is 0 Å². The molecule has 0 radical (unpaired) electrons. The third-order valence-electron chi connectivity index (χ3n) is 6.18. The van der Waals surface area contributed by atoms with E-state index in [1.165, 1.54) is 22.3 Å². The van der Waals surface area contributed by atoms with Crippen LogP contribution in [-0.2, 0) is 0 Å². The van der Waals surface area contributed by atoms with Crippen molar-refractivity contribution >= 4 is 16.7 Å². The van der Waals surface area contributed by atoms with Gasteiger partial charge in [0, 0.05) is 31.1 Å². The van der Waals surface area contributed by atoms with Crippen molar-refractivity contribution in [3.63, 3.8) is 0 Å². The molecule has 1 aromatic heterocycles. The smallest absolute Gasteiger partial charge is 0.162 e. The van der Waals surface area contributed by atoms with Crippen molar-refractivity contribution in [2.75, 3.05) is 33.2 Å². The minimum absolute atomic E-state index is 0.669. The Labute approximate surface area is 206 Å². The molecule has 4 aromatic carbocycles. The van der Waals surface area contributed by atoms with Crippen molar-refractivity contribution in [2.24, 2.45) is 0 Å². The van der Waals surface area contributed by atoms with Crippen molar-refractivity contribution in [3.8, 4) is 44.9 Å². The first-order valence-electron chi connectivity index (χ1n) is 11.6. The maximum atomic E-state index is 5.56. The minimum Gasteiger partial charge on any atom is -0.493 e. The van der Waals surface area contributed by atoms with Crippen LogP contribution in [0.5, 0.6) is 11.5 Å². The summed E-state index contributed by atoms with van der Waals surface area (Å²) in [6.07, 6.45) is 0. The average molecular weight is 461 g/mol. The number of hydrogen-bond donors (Lipinski definition) is 0. The first-order valence-corrected chi connectivity index (χ1v) is 11.6. The molecule has 1 heterocycles. The third-order valence-corrected chi connectivity index (χ3v) is 6.18. The van der Waals surface area contributed by atoms with E-state index in [1.54, 1.807) is 14.2 Å². The second kappa shape index (κ2) is 9.51. The first-order chi connectivity index (χ1) is 17.1. The molecule has 5 rings (SSSR count). The monoisotopic (exact) mass is 460 g/mol. The Hall–Kier alpha value is -4.31. The standard InChI is InChI=1S/C31H28N2O2/c1-33(2)31-27(18-26-19-29(34-3)30(35-4)20-28(26)32-31)25-16-23(21-11-7-5-8-12-21)15-24(17-25)22-13-9-6-10-14-22/h5-20H,1-4H3. The van der Waals surface area contributed by atoms with Crippen LogP contribution in [0.25, 0.3) is 44.3 Å². The summed E-state index contributed by atoms with van der Waals surface area (Å²) in [4.78, 5) is 7.09. The molecule has 5 aromatic rings. The molecule has 35 heavy (non-hydrogen) atoms. The van der Waals surface area contributed by atoms with E-state index in [0.29, 0.717) is 11.5 Å². The van der Waals surface area contributed by atoms with Crippen molar-refractivity contribution in [3.05, 3.63) is 97.1 Å². The van der Waals surface area contributed by atoms with Gasteiger partial charge in [-0.2, -0.15) is 0 Å². The van der Waals surface area contributed by atoms with E-state index in [2.05, 4.69) is 77.7 Å². The normalized spacial score (nSPS) is 10.9. The average Bonchev–Trinajstić information content (AvgIpc) is 2.92. The largest absolute Gasteiger partial charge is 0.493 e. The predicted molar refractivity (Wildman–Crippen MR) is 145 cm³/mol. The summed E-state index contributed by atoms with van der Waals surface area (Å²) >= 11 is 0. The van der Waals surface area contributed by atoms with Gasteiger partial charge in [-0.05, 0) is 58.1 Å². The Morgan fingerprint density at radius 3 is 1.60 bits per heavy atom. The number of rotatable bonds is 6. The highest BCUT2D eigenvalue weighted by molar-refractivity contribution is 5.93. The molecule has 0 fully saturated rings. The number of methoxy groups -OCH3 is 2. The van der Waals surface area contributed by atoms with Crippen LogP contribution in [0.15, 0.2) is 97.1 Å². The van der Waals surface area contributed by atoms with Gasteiger partial charge in [0.15, 0.2) is 11.5 Å². The lowest BCUT2D eigenvalue weighted by Gasteiger charge is -2.20. The lowest BCUT2D eigenvalue weighted by molar-refractivity contribution is 0.356. The molecule has 0 saturated heterocycles. The van der Waals surface area contributed by atoms with E-state index in [-0.39, 0.29) is 0 Å². The summed E-state index contributed by atoms with van der Waals surface area (Å²) in [5.74, 6) is 2.25.